The number of nitrogens with two attached hydrogens (primary N) is 1. The molecule has 0 saturated heterocycles. The number of Topliss-reactive ketones (excluding diaryl/α,β-unsaturated/α-hetero) is 1. The summed E-state index contributed by atoms with van der Waals surface area (Å²) in [6.07, 6.45) is 3.25. The van der Waals surface area contributed by atoms with Crippen molar-refractivity contribution in [1.29, 1.82) is 0 Å². The van der Waals surface area contributed by atoms with E-state index in [1.165, 1.54) is 6.92 Å². The molecule has 18 heavy (non-hydrogen) atoms. The molecule has 3 nitrogen and oxygen atoms in total. The van der Waals surface area contributed by atoms with Crippen molar-refractivity contribution in [3.63, 3.8) is 0 Å². The zero-order valence-corrected chi connectivity index (χ0v) is 12.4. The molecule has 4 heteroatoms. The second-order valence-corrected chi connectivity index (χ2v) is 5.55. The number of rotatable bonds is 6. The van der Waals surface area contributed by atoms with E-state index in [0.717, 1.165) is 17.9 Å². The second kappa shape index (κ2) is 6.69. The molecule has 0 amide bonds. The van der Waals surface area contributed by atoms with Gasteiger partial charge in [-0.05, 0) is 50.5 Å². The maximum absolute atomic E-state index is 11.3. The van der Waals surface area contributed by atoms with Gasteiger partial charge >= 0.3 is 0 Å². The Kier molecular flexibility index (Phi) is 5.54. The highest BCUT2D eigenvalue weighted by atomic mass is 32.2. The molecule has 1 rings (SSSR count). The minimum atomic E-state index is 0.0112. The molecule has 100 valence electrons. The molecule has 0 aliphatic heterocycles. The maximum Gasteiger partial charge on any atom is 0.161 e. The Bertz CT molecular complexity index is 420. The number of thioether (sulfide) groups is 1. The first-order valence-electron chi connectivity index (χ1n) is 6.09. The van der Waals surface area contributed by atoms with Crippen LogP contribution in [0, 0.1) is 0 Å². The van der Waals surface area contributed by atoms with Gasteiger partial charge in [-0.25, -0.2) is 0 Å². The van der Waals surface area contributed by atoms with Crippen LogP contribution in [-0.4, -0.2) is 30.9 Å². The van der Waals surface area contributed by atoms with E-state index < -0.39 is 0 Å². The van der Waals surface area contributed by atoms with Gasteiger partial charge in [0.25, 0.3) is 0 Å². The second-order valence-electron chi connectivity index (χ2n) is 4.57. The van der Waals surface area contributed by atoms with Crippen LogP contribution in [0.1, 0.15) is 30.6 Å². The number of benzene rings is 1. The smallest absolute Gasteiger partial charge is 0.161 e. The number of ketones is 1. The normalized spacial score (nSPS) is 12.2. The summed E-state index contributed by atoms with van der Waals surface area (Å²) in [6.45, 7) is 3.74. The van der Waals surface area contributed by atoms with E-state index in [-0.39, 0.29) is 5.78 Å². The summed E-state index contributed by atoms with van der Waals surface area (Å²) in [4.78, 5) is 13.5. The SMILES string of the molecule is CSCCC(C)N(C)c1ccc(C(C)=O)c(N)c1. The highest BCUT2D eigenvalue weighted by molar-refractivity contribution is 7.98. The predicted molar refractivity (Wildman–Crippen MR) is 81.7 cm³/mol. The number of carbonyl (C=O) groups is 1. The Labute approximate surface area is 114 Å². The van der Waals surface area contributed by atoms with Crippen molar-refractivity contribution in [3.05, 3.63) is 23.8 Å². The maximum atomic E-state index is 11.3. The number of hydrogen-bond acceptors (Lipinski definition) is 4. The Morgan fingerprint density at radius 2 is 2.17 bits per heavy atom. The first-order chi connectivity index (χ1) is 8.47. The van der Waals surface area contributed by atoms with Gasteiger partial charge in [-0.2, -0.15) is 11.8 Å². The van der Waals surface area contributed by atoms with Crippen molar-refractivity contribution in [2.75, 3.05) is 29.7 Å². The number of anilines is 2. The molecular weight excluding hydrogens is 244 g/mol. The fourth-order valence-corrected chi connectivity index (χ4v) is 2.40. The molecule has 0 spiro atoms. The Balaban J connectivity index is 2.83. The van der Waals surface area contributed by atoms with Crippen LogP contribution in [0.25, 0.3) is 0 Å². The van der Waals surface area contributed by atoms with Crippen molar-refractivity contribution in [2.45, 2.75) is 26.3 Å². The molecule has 0 aromatic heterocycles. The predicted octanol–water partition coefficient (Wildman–Crippen LogP) is 3.05. The molecule has 0 radical (unpaired) electrons. The third-order valence-electron chi connectivity index (χ3n) is 3.22. The van der Waals surface area contributed by atoms with E-state index in [1.54, 1.807) is 0 Å². The molecule has 0 fully saturated rings. The number of hydrogen-bond donors (Lipinski definition) is 1. The summed E-state index contributed by atoms with van der Waals surface area (Å²) in [5.74, 6) is 1.16. The Hall–Kier alpha value is -1.16. The van der Waals surface area contributed by atoms with E-state index in [2.05, 4.69) is 25.1 Å². The molecule has 1 aromatic rings. The number of nitrogen functional groups attached to an aromatic ring is 1. The zero-order chi connectivity index (χ0) is 13.7. The van der Waals surface area contributed by atoms with Crippen LogP contribution in [0.4, 0.5) is 11.4 Å². The van der Waals surface area contributed by atoms with Crippen LogP contribution < -0.4 is 10.6 Å². The minimum Gasteiger partial charge on any atom is -0.398 e. The molecule has 0 aliphatic carbocycles. The highest BCUT2D eigenvalue weighted by Gasteiger charge is 2.12. The van der Waals surface area contributed by atoms with E-state index >= 15 is 0 Å². The quantitative estimate of drug-likeness (QED) is 0.635. The third kappa shape index (κ3) is 3.67. The van der Waals surface area contributed by atoms with Gasteiger partial charge in [0.15, 0.2) is 5.78 Å². The molecule has 1 unspecified atom stereocenters. The van der Waals surface area contributed by atoms with E-state index in [0.29, 0.717) is 17.3 Å². The summed E-state index contributed by atoms with van der Waals surface area (Å²) in [5, 5.41) is 0. The lowest BCUT2D eigenvalue weighted by Crippen LogP contribution is -2.29. The summed E-state index contributed by atoms with van der Waals surface area (Å²) in [6, 6.07) is 6.11. The van der Waals surface area contributed by atoms with Gasteiger partial charge in [0, 0.05) is 30.0 Å². The fourth-order valence-electron chi connectivity index (χ4n) is 1.83. The van der Waals surface area contributed by atoms with Crippen molar-refractivity contribution in [1.82, 2.24) is 0 Å². The van der Waals surface area contributed by atoms with Crippen LogP contribution >= 0.6 is 11.8 Å². The first-order valence-corrected chi connectivity index (χ1v) is 7.49. The van der Waals surface area contributed by atoms with Gasteiger partial charge < -0.3 is 10.6 Å². The van der Waals surface area contributed by atoms with Crippen LogP contribution in [0.5, 0.6) is 0 Å². The van der Waals surface area contributed by atoms with Crippen molar-refractivity contribution in [3.8, 4) is 0 Å². The Morgan fingerprint density at radius 1 is 1.50 bits per heavy atom. The average Bonchev–Trinajstić information content (AvgIpc) is 2.34. The summed E-state index contributed by atoms with van der Waals surface area (Å²) >= 11 is 1.86. The van der Waals surface area contributed by atoms with Crippen LogP contribution in [0.3, 0.4) is 0 Å². The highest BCUT2D eigenvalue weighted by Crippen LogP contribution is 2.23. The molecule has 1 atom stereocenters. The van der Waals surface area contributed by atoms with E-state index in [9.17, 15) is 4.79 Å². The molecular formula is C14H22N2OS. The molecule has 2 N–H and O–H groups in total. The molecule has 1 aromatic carbocycles. The molecule has 0 saturated carbocycles. The summed E-state index contributed by atoms with van der Waals surface area (Å²) in [7, 11) is 2.06. The van der Waals surface area contributed by atoms with Crippen molar-refractivity contribution >= 4 is 28.9 Å². The van der Waals surface area contributed by atoms with Crippen LogP contribution in [0.15, 0.2) is 18.2 Å². The van der Waals surface area contributed by atoms with Gasteiger partial charge in [0.05, 0.1) is 0 Å². The summed E-state index contributed by atoms with van der Waals surface area (Å²) in [5.41, 5.74) is 8.13. The average molecular weight is 266 g/mol. The molecule has 0 bridgehead atoms. The largest absolute Gasteiger partial charge is 0.398 e. The topological polar surface area (TPSA) is 46.3 Å². The van der Waals surface area contributed by atoms with E-state index in [4.69, 9.17) is 5.73 Å². The van der Waals surface area contributed by atoms with Crippen LogP contribution in [-0.2, 0) is 0 Å². The fraction of sp³-hybridized carbons (Fsp3) is 0.500. The zero-order valence-electron chi connectivity index (χ0n) is 11.6. The van der Waals surface area contributed by atoms with Gasteiger partial charge in [-0.15, -0.1) is 0 Å². The minimum absolute atomic E-state index is 0.0112. The first kappa shape index (κ1) is 14.9. The number of nitrogens with zero attached hydrogens (tertiary/aromatic N) is 1. The third-order valence-corrected chi connectivity index (χ3v) is 3.87. The van der Waals surface area contributed by atoms with Gasteiger partial charge in [0.1, 0.15) is 0 Å². The lowest BCUT2D eigenvalue weighted by Gasteiger charge is -2.27. The standard InChI is InChI=1S/C14H22N2OS/c1-10(7-8-18-4)16(3)12-5-6-13(11(2)17)14(15)9-12/h5-6,9-10H,7-8,15H2,1-4H3. The van der Waals surface area contributed by atoms with E-state index in [1.807, 2.05) is 30.0 Å². The van der Waals surface area contributed by atoms with Crippen LogP contribution in [0.2, 0.25) is 0 Å². The lowest BCUT2D eigenvalue weighted by atomic mass is 10.1. The monoisotopic (exact) mass is 266 g/mol. The Morgan fingerprint density at radius 3 is 2.67 bits per heavy atom. The molecule has 0 heterocycles. The van der Waals surface area contributed by atoms with Gasteiger partial charge in [-0.1, -0.05) is 0 Å². The molecule has 0 aliphatic rings. The van der Waals surface area contributed by atoms with Gasteiger partial charge in [0.2, 0.25) is 0 Å². The number of carbonyl (C=O) groups excluding carboxylic acids is 1. The lowest BCUT2D eigenvalue weighted by molar-refractivity contribution is 0.101. The van der Waals surface area contributed by atoms with Gasteiger partial charge in [-0.3, -0.25) is 4.79 Å². The summed E-state index contributed by atoms with van der Waals surface area (Å²) < 4.78 is 0. The van der Waals surface area contributed by atoms with Crippen molar-refractivity contribution in [2.24, 2.45) is 0 Å². The van der Waals surface area contributed by atoms with Crippen molar-refractivity contribution < 1.29 is 4.79 Å².